The van der Waals surface area contributed by atoms with Crippen molar-refractivity contribution in [3.63, 3.8) is 0 Å². The van der Waals surface area contributed by atoms with Gasteiger partial charge in [0.2, 0.25) is 5.91 Å². The van der Waals surface area contributed by atoms with Crippen molar-refractivity contribution in [1.82, 2.24) is 5.32 Å². The predicted octanol–water partition coefficient (Wildman–Crippen LogP) is 0.411. The average molecular weight is 284 g/mol. The third-order valence-corrected chi connectivity index (χ3v) is 3.85. The van der Waals surface area contributed by atoms with E-state index in [0.29, 0.717) is 13.0 Å². The molecule has 106 valence electrons. The van der Waals surface area contributed by atoms with E-state index in [1.165, 1.54) is 6.26 Å². The van der Waals surface area contributed by atoms with Gasteiger partial charge in [-0.05, 0) is 18.9 Å². The zero-order valence-electron chi connectivity index (χ0n) is 11.2. The summed E-state index contributed by atoms with van der Waals surface area (Å²) in [6, 6.07) is 9.06. The first kappa shape index (κ1) is 15.7. The topological polar surface area (TPSA) is 89.3 Å². The third kappa shape index (κ3) is 5.00. The van der Waals surface area contributed by atoms with Crippen LogP contribution in [0.5, 0.6) is 0 Å². The highest BCUT2D eigenvalue weighted by atomic mass is 32.2. The van der Waals surface area contributed by atoms with Crippen molar-refractivity contribution in [2.75, 3.05) is 18.6 Å². The molecule has 1 rings (SSSR count). The van der Waals surface area contributed by atoms with Gasteiger partial charge in [0.25, 0.3) is 0 Å². The lowest BCUT2D eigenvalue weighted by Gasteiger charge is -2.24. The smallest absolute Gasteiger partial charge is 0.244 e. The molecule has 0 saturated heterocycles. The number of hydrogen-bond donors (Lipinski definition) is 2. The summed E-state index contributed by atoms with van der Waals surface area (Å²) in [4.78, 5) is 12.0. The van der Waals surface area contributed by atoms with Crippen LogP contribution in [0.15, 0.2) is 30.3 Å². The summed E-state index contributed by atoms with van der Waals surface area (Å²) in [5.74, 6) is -0.257. The lowest BCUT2D eigenvalue weighted by atomic mass is 9.92. The fourth-order valence-electron chi connectivity index (χ4n) is 1.64. The van der Waals surface area contributed by atoms with Crippen LogP contribution in [-0.4, -0.2) is 32.9 Å². The van der Waals surface area contributed by atoms with E-state index >= 15 is 0 Å². The summed E-state index contributed by atoms with van der Waals surface area (Å²) >= 11 is 0. The highest BCUT2D eigenvalue weighted by molar-refractivity contribution is 7.90. The minimum absolute atomic E-state index is 0.0555. The van der Waals surface area contributed by atoms with Crippen molar-refractivity contribution in [2.24, 2.45) is 5.73 Å². The van der Waals surface area contributed by atoms with Gasteiger partial charge in [0.05, 0.1) is 5.75 Å². The molecule has 3 N–H and O–H groups in total. The number of rotatable bonds is 6. The minimum atomic E-state index is -2.99. The first-order valence-corrected chi connectivity index (χ1v) is 8.10. The molecule has 0 aliphatic carbocycles. The summed E-state index contributed by atoms with van der Waals surface area (Å²) < 4.78 is 21.9. The van der Waals surface area contributed by atoms with Crippen LogP contribution in [0.25, 0.3) is 0 Å². The molecule has 0 aromatic heterocycles. The summed E-state index contributed by atoms with van der Waals surface area (Å²) in [5, 5.41) is 2.67. The van der Waals surface area contributed by atoms with Gasteiger partial charge in [-0.15, -0.1) is 0 Å². The number of carbonyl (C=O) groups is 1. The average Bonchev–Trinajstić information content (AvgIpc) is 2.34. The van der Waals surface area contributed by atoms with Gasteiger partial charge in [-0.2, -0.15) is 0 Å². The van der Waals surface area contributed by atoms with Crippen molar-refractivity contribution in [1.29, 1.82) is 0 Å². The van der Waals surface area contributed by atoms with Gasteiger partial charge in [0.1, 0.15) is 15.4 Å². The van der Waals surface area contributed by atoms with Crippen molar-refractivity contribution in [2.45, 2.75) is 18.9 Å². The zero-order chi connectivity index (χ0) is 14.5. The van der Waals surface area contributed by atoms with E-state index in [-0.39, 0.29) is 11.7 Å². The Morgan fingerprint density at radius 3 is 2.42 bits per heavy atom. The van der Waals surface area contributed by atoms with Gasteiger partial charge in [-0.25, -0.2) is 8.42 Å². The fraction of sp³-hybridized carbons (Fsp3) is 0.462. The molecule has 0 radical (unpaired) electrons. The Hall–Kier alpha value is -1.40. The lowest BCUT2D eigenvalue weighted by Crippen LogP contribution is -2.49. The fourth-order valence-corrected chi connectivity index (χ4v) is 2.30. The monoisotopic (exact) mass is 284 g/mol. The maximum Gasteiger partial charge on any atom is 0.244 e. The van der Waals surface area contributed by atoms with Gasteiger partial charge >= 0.3 is 0 Å². The number of amides is 1. The number of sulfone groups is 1. The summed E-state index contributed by atoms with van der Waals surface area (Å²) in [6.07, 6.45) is 1.56. The maximum absolute atomic E-state index is 12.0. The van der Waals surface area contributed by atoms with Crippen molar-refractivity contribution in [3.05, 3.63) is 35.9 Å². The van der Waals surface area contributed by atoms with Crippen molar-refractivity contribution in [3.8, 4) is 0 Å². The molecule has 0 heterocycles. The quantitative estimate of drug-likeness (QED) is 0.741. The molecule has 1 unspecified atom stereocenters. The standard InChI is InChI=1S/C13H20N2O3S/c1-13(14,11-7-4-3-5-8-11)12(16)15-9-6-10-19(2,17)18/h3-5,7-8H,6,9-10,14H2,1-2H3,(H,15,16). The van der Waals surface area contributed by atoms with E-state index in [1.807, 2.05) is 18.2 Å². The Kier molecular flexibility index (Phi) is 5.08. The van der Waals surface area contributed by atoms with Crippen molar-refractivity contribution >= 4 is 15.7 Å². The van der Waals surface area contributed by atoms with Gasteiger partial charge < -0.3 is 11.1 Å². The van der Waals surface area contributed by atoms with Crippen LogP contribution in [-0.2, 0) is 20.2 Å². The summed E-state index contributed by atoms with van der Waals surface area (Å²) in [7, 11) is -2.99. The zero-order valence-corrected chi connectivity index (χ0v) is 12.0. The van der Waals surface area contributed by atoms with Gasteiger partial charge in [0.15, 0.2) is 0 Å². The van der Waals surface area contributed by atoms with Gasteiger partial charge in [-0.1, -0.05) is 30.3 Å². The predicted molar refractivity (Wildman–Crippen MR) is 75.3 cm³/mol. The second kappa shape index (κ2) is 6.16. The van der Waals surface area contributed by atoms with Gasteiger partial charge in [-0.3, -0.25) is 4.79 Å². The Morgan fingerprint density at radius 1 is 1.32 bits per heavy atom. The van der Waals surface area contributed by atoms with Crippen LogP contribution >= 0.6 is 0 Å². The molecule has 0 aliphatic rings. The molecule has 19 heavy (non-hydrogen) atoms. The number of carbonyl (C=O) groups excluding carboxylic acids is 1. The summed E-state index contributed by atoms with van der Waals surface area (Å²) in [6.45, 7) is 1.93. The normalized spacial score (nSPS) is 14.7. The molecule has 1 amide bonds. The highest BCUT2D eigenvalue weighted by Crippen LogP contribution is 2.17. The van der Waals surface area contributed by atoms with E-state index in [2.05, 4.69) is 5.32 Å². The number of nitrogens with two attached hydrogens (primary N) is 1. The Labute approximate surface area is 114 Å². The number of hydrogen-bond acceptors (Lipinski definition) is 4. The molecule has 1 atom stereocenters. The van der Waals surface area contributed by atoms with E-state index < -0.39 is 15.4 Å². The van der Waals surface area contributed by atoms with E-state index in [9.17, 15) is 13.2 Å². The molecule has 0 bridgehead atoms. The summed E-state index contributed by atoms with van der Waals surface area (Å²) in [5.41, 5.74) is 5.62. The minimum Gasteiger partial charge on any atom is -0.354 e. The van der Waals surface area contributed by atoms with E-state index in [1.54, 1.807) is 19.1 Å². The molecule has 1 aromatic rings. The SMILES string of the molecule is CC(N)(C(=O)NCCCS(C)(=O)=O)c1ccccc1. The lowest BCUT2D eigenvalue weighted by molar-refractivity contribution is -0.126. The Morgan fingerprint density at radius 2 is 1.89 bits per heavy atom. The van der Waals surface area contributed by atoms with Crippen LogP contribution in [0.4, 0.5) is 0 Å². The molecule has 0 saturated carbocycles. The Bertz CT molecular complexity index is 524. The number of nitrogens with one attached hydrogen (secondary N) is 1. The molecule has 0 fully saturated rings. The van der Waals surface area contributed by atoms with Crippen LogP contribution in [0.2, 0.25) is 0 Å². The van der Waals surface area contributed by atoms with Crippen LogP contribution < -0.4 is 11.1 Å². The molecular weight excluding hydrogens is 264 g/mol. The van der Waals surface area contributed by atoms with E-state index in [0.717, 1.165) is 5.56 Å². The molecule has 6 heteroatoms. The second-order valence-electron chi connectivity index (χ2n) is 4.81. The Balaban J connectivity index is 2.54. The second-order valence-corrected chi connectivity index (χ2v) is 7.07. The molecule has 5 nitrogen and oxygen atoms in total. The molecule has 0 aliphatic heterocycles. The molecule has 1 aromatic carbocycles. The van der Waals surface area contributed by atoms with Gasteiger partial charge in [0, 0.05) is 12.8 Å². The largest absolute Gasteiger partial charge is 0.354 e. The van der Waals surface area contributed by atoms with E-state index in [4.69, 9.17) is 5.73 Å². The maximum atomic E-state index is 12.0. The van der Waals surface area contributed by atoms with Crippen LogP contribution in [0.1, 0.15) is 18.9 Å². The number of benzene rings is 1. The first-order chi connectivity index (χ1) is 8.73. The molecular formula is C13H20N2O3S. The van der Waals surface area contributed by atoms with Crippen molar-refractivity contribution < 1.29 is 13.2 Å². The van der Waals surface area contributed by atoms with Crippen LogP contribution in [0.3, 0.4) is 0 Å². The highest BCUT2D eigenvalue weighted by Gasteiger charge is 2.29. The van der Waals surface area contributed by atoms with Crippen LogP contribution in [0, 0.1) is 0 Å². The molecule has 0 spiro atoms. The first-order valence-electron chi connectivity index (χ1n) is 6.04. The third-order valence-electron chi connectivity index (χ3n) is 2.82.